The van der Waals surface area contributed by atoms with E-state index in [9.17, 15) is 27.5 Å². The first-order valence-electron chi connectivity index (χ1n) is 11.9. The molecule has 210 valence electrons. The number of anilines is 2. The van der Waals surface area contributed by atoms with Crippen LogP contribution >= 0.6 is 11.3 Å². The van der Waals surface area contributed by atoms with Crippen molar-refractivity contribution in [2.24, 2.45) is 5.92 Å². The molecule has 2 aromatic carbocycles. The molecule has 4 N–H and O–H groups in total. The van der Waals surface area contributed by atoms with Gasteiger partial charge in [-0.05, 0) is 49.6 Å². The van der Waals surface area contributed by atoms with Crippen molar-refractivity contribution < 1.29 is 42.1 Å². The maximum absolute atomic E-state index is 13.6. The van der Waals surface area contributed by atoms with Crippen LogP contribution in [-0.2, 0) is 16.1 Å². The number of thiazole rings is 1. The number of carbonyl (C=O) groups excluding carboxylic acids is 1. The second-order valence-electron chi connectivity index (χ2n) is 8.72. The molecule has 0 bridgehead atoms. The van der Waals surface area contributed by atoms with Gasteiger partial charge in [-0.2, -0.15) is 13.2 Å². The SMILES string of the molecule is COc1ccc(-c2sc(NC(=O)C3CCCC3)nc2C)cc1NCc1cccc(F)c1O.O=C(O)C(F)(F)F. The average Bonchev–Trinajstić information content (AvgIpc) is 3.55. The van der Waals surface area contributed by atoms with Gasteiger partial charge >= 0.3 is 12.1 Å². The van der Waals surface area contributed by atoms with Gasteiger partial charge in [0.1, 0.15) is 5.75 Å². The lowest BCUT2D eigenvalue weighted by atomic mass is 10.1. The van der Waals surface area contributed by atoms with Crippen molar-refractivity contribution in [3.05, 3.63) is 53.5 Å². The highest BCUT2D eigenvalue weighted by molar-refractivity contribution is 7.19. The number of benzene rings is 2. The monoisotopic (exact) mass is 569 g/mol. The van der Waals surface area contributed by atoms with Crippen LogP contribution in [0.4, 0.5) is 28.4 Å². The molecule has 1 fully saturated rings. The molecule has 1 saturated carbocycles. The van der Waals surface area contributed by atoms with Crippen molar-refractivity contribution in [2.75, 3.05) is 17.7 Å². The number of para-hydroxylation sites is 1. The van der Waals surface area contributed by atoms with Crippen molar-refractivity contribution in [1.82, 2.24) is 4.98 Å². The quantitative estimate of drug-likeness (QED) is 0.245. The zero-order valence-electron chi connectivity index (χ0n) is 21.1. The third-order valence-electron chi connectivity index (χ3n) is 6.00. The molecule has 3 aromatic rings. The van der Waals surface area contributed by atoms with E-state index in [-0.39, 0.29) is 24.1 Å². The molecular weight excluding hydrogens is 542 g/mol. The standard InChI is InChI=1S/C24H26FN3O3S.C2HF3O2/c1-14-22(32-24(27-14)28-23(30)15-6-3-4-7-15)16-10-11-20(31-2)19(12-16)26-13-17-8-5-9-18(25)21(17)29;3-2(4,5)1(6)7/h5,8-12,15,26,29H,3-4,6-7,13H2,1-2H3,(H,27,28,30);(H,6,7). The van der Waals surface area contributed by atoms with Crippen molar-refractivity contribution in [1.29, 1.82) is 0 Å². The molecule has 1 heterocycles. The molecule has 0 unspecified atom stereocenters. The summed E-state index contributed by atoms with van der Waals surface area (Å²) in [4.78, 5) is 26.9. The fraction of sp³-hybridized carbons (Fsp3) is 0.346. The molecule has 8 nitrogen and oxygen atoms in total. The Morgan fingerprint density at radius 3 is 2.46 bits per heavy atom. The van der Waals surface area contributed by atoms with E-state index < -0.39 is 18.0 Å². The summed E-state index contributed by atoms with van der Waals surface area (Å²) in [5.74, 6) is -3.02. The molecule has 0 atom stereocenters. The van der Waals surface area contributed by atoms with Gasteiger partial charge in [0, 0.05) is 18.0 Å². The number of phenols is 1. The average molecular weight is 570 g/mol. The lowest BCUT2D eigenvalue weighted by Gasteiger charge is -2.13. The number of nitrogens with one attached hydrogen (secondary N) is 2. The van der Waals surface area contributed by atoms with E-state index in [2.05, 4.69) is 15.6 Å². The molecule has 0 radical (unpaired) electrons. The summed E-state index contributed by atoms with van der Waals surface area (Å²) in [6, 6.07) is 10.1. The second-order valence-corrected chi connectivity index (χ2v) is 9.72. The summed E-state index contributed by atoms with van der Waals surface area (Å²) in [5.41, 5.74) is 2.91. The number of aromatic hydroxyl groups is 1. The predicted octanol–water partition coefficient (Wildman–Crippen LogP) is 6.35. The van der Waals surface area contributed by atoms with Crippen LogP contribution < -0.4 is 15.4 Å². The van der Waals surface area contributed by atoms with Crippen molar-refractivity contribution in [3.63, 3.8) is 0 Å². The Bertz CT molecular complexity index is 1320. The summed E-state index contributed by atoms with van der Waals surface area (Å²) in [7, 11) is 1.58. The van der Waals surface area contributed by atoms with Crippen LogP contribution in [-0.4, -0.2) is 40.4 Å². The van der Waals surface area contributed by atoms with E-state index in [1.54, 1.807) is 19.2 Å². The highest BCUT2D eigenvalue weighted by Gasteiger charge is 2.38. The largest absolute Gasteiger partial charge is 0.505 e. The smallest absolute Gasteiger partial charge is 0.490 e. The van der Waals surface area contributed by atoms with Gasteiger partial charge in [0.15, 0.2) is 16.7 Å². The predicted molar refractivity (Wildman–Crippen MR) is 139 cm³/mol. The molecule has 0 saturated heterocycles. The van der Waals surface area contributed by atoms with Gasteiger partial charge in [0.25, 0.3) is 0 Å². The molecule has 4 rings (SSSR count). The molecule has 0 spiro atoms. The number of nitrogens with zero attached hydrogens (tertiary/aromatic N) is 1. The Balaban J connectivity index is 0.000000532. The number of aromatic nitrogens is 1. The molecular formula is C26H27F4N3O5S. The number of hydrogen-bond donors (Lipinski definition) is 4. The van der Waals surface area contributed by atoms with Gasteiger partial charge in [-0.3, -0.25) is 4.79 Å². The fourth-order valence-corrected chi connectivity index (χ4v) is 4.96. The van der Waals surface area contributed by atoms with Crippen LogP contribution in [0.3, 0.4) is 0 Å². The maximum atomic E-state index is 13.6. The van der Waals surface area contributed by atoms with Crippen molar-refractivity contribution in [2.45, 2.75) is 45.3 Å². The van der Waals surface area contributed by atoms with Gasteiger partial charge in [0.2, 0.25) is 5.91 Å². The summed E-state index contributed by atoms with van der Waals surface area (Å²) in [6.45, 7) is 2.15. The van der Waals surface area contributed by atoms with Gasteiger partial charge in [-0.25, -0.2) is 14.2 Å². The van der Waals surface area contributed by atoms with Crippen LogP contribution in [0.2, 0.25) is 0 Å². The van der Waals surface area contributed by atoms with Crippen LogP contribution in [0.5, 0.6) is 11.5 Å². The fourth-order valence-electron chi connectivity index (χ4n) is 3.99. The summed E-state index contributed by atoms with van der Waals surface area (Å²) in [6.07, 6.45) is -0.987. The minimum Gasteiger partial charge on any atom is -0.505 e. The number of aliphatic carboxylic acids is 1. The second kappa shape index (κ2) is 12.8. The van der Waals surface area contributed by atoms with E-state index in [1.807, 2.05) is 25.1 Å². The van der Waals surface area contributed by atoms with E-state index >= 15 is 0 Å². The molecule has 1 amide bonds. The van der Waals surface area contributed by atoms with Crippen LogP contribution in [0, 0.1) is 18.7 Å². The van der Waals surface area contributed by atoms with E-state index in [0.29, 0.717) is 22.1 Å². The van der Waals surface area contributed by atoms with E-state index in [1.165, 1.54) is 17.4 Å². The molecule has 1 aromatic heterocycles. The van der Waals surface area contributed by atoms with Crippen molar-refractivity contribution in [3.8, 4) is 21.9 Å². The number of carbonyl (C=O) groups is 2. The van der Waals surface area contributed by atoms with Gasteiger partial charge in [-0.1, -0.05) is 36.3 Å². The van der Waals surface area contributed by atoms with Gasteiger partial charge in [0.05, 0.1) is 23.4 Å². The molecule has 1 aliphatic carbocycles. The Morgan fingerprint density at radius 2 is 1.85 bits per heavy atom. The number of hydrogen-bond acceptors (Lipinski definition) is 7. The minimum atomic E-state index is -5.08. The zero-order valence-corrected chi connectivity index (χ0v) is 21.9. The Labute approximate surface area is 225 Å². The highest BCUT2D eigenvalue weighted by atomic mass is 32.1. The number of rotatable bonds is 7. The van der Waals surface area contributed by atoms with E-state index in [0.717, 1.165) is 41.8 Å². The normalized spacial score (nSPS) is 13.4. The first-order valence-corrected chi connectivity index (χ1v) is 12.7. The third kappa shape index (κ3) is 7.82. The summed E-state index contributed by atoms with van der Waals surface area (Å²) < 4.78 is 50.8. The number of alkyl halides is 3. The molecule has 13 heteroatoms. The Hall–Kier alpha value is -3.87. The number of aryl methyl sites for hydroxylation is 1. The number of phenolic OH excluding ortho intramolecular Hbond substituents is 1. The molecule has 0 aliphatic heterocycles. The van der Waals surface area contributed by atoms with E-state index in [4.69, 9.17) is 14.6 Å². The number of ether oxygens (including phenoxy) is 1. The zero-order chi connectivity index (χ0) is 28.7. The first-order chi connectivity index (χ1) is 18.4. The van der Waals surface area contributed by atoms with Crippen molar-refractivity contribution >= 4 is 34.0 Å². The maximum Gasteiger partial charge on any atom is 0.490 e. The molecule has 39 heavy (non-hydrogen) atoms. The number of amides is 1. The topological polar surface area (TPSA) is 121 Å². The summed E-state index contributed by atoms with van der Waals surface area (Å²) in [5, 5.41) is 23.9. The highest BCUT2D eigenvalue weighted by Crippen LogP contribution is 2.38. The number of carboxylic acid groups (broad SMARTS) is 1. The van der Waals surface area contributed by atoms with Gasteiger partial charge < -0.3 is 25.6 Å². The summed E-state index contributed by atoms with van der Waals surface area (Å²) >= 11 is 1.44. The van der Waals surface area contributed by atoms with Crippen LogP contribution in [0.1, 0.15) is 36.9 Å². The minimum absolute atomic E-state index is 0.0507. The number of halogens is 4. The van der Waals surface area contributed by atoms with Crippen LogP contribution in [0.15, 0.2) is 36.4 Å². The number of methoxy groups -OCH3 is 1. The third-order valence-corrected chi connectivity index (χ3v) is 7.12. The number of carboxylic acids is 1. The van der Waals surface area contributed by atoms with Gasteiger partial charge in [-0.15, -0.1) is 0 Å². The Morgan fingerprint density at radius 1 is 1.18 bits per heavy atom. The lowest BCUT2D eigenvalue weighted by Crippen LogP contribution is -2.21. The Kier molecular flexibility index (Phi) is 9.73. The first kappa shape index (κ1) is 29.7. The molecule has 1 aliphatic rings. The van der Waals surface area contributed by atoms with Crippen LogP contribution in [0.25, 0.3) is 10.4 Å². The lowest BCUT2D eigenvalue weighted by molar-refractivity contribution is -0.192.